The van der Waals surface area contributed by atoms with E-state index < -0.39 is 0 Å². The van der Waals surface area contributed by atoms with E-state index in [0.717, 1.165) is 18.2 Å². The summed E-state index contributed by atoms with van der Waals surface area (Å²) in [5.41, 5.74) is 9.25. The summed E-state index contributed by atoms with van der Waals surface area (Å²) in [6.45, 7) is 6.26. The van der Waals surface area contributed by atoms with Crippen molar-refractivity contribution in [3.05, 3.63) is 29.3 Å². The Morgan fingerprint density at radius 2 is 2.00 bits per heavy atom. The Balaban J connectivity index is 1.73. The van der Waals surface area contributed by atoms with Crippen LogP contribution in [-0.2, 0) is 4.74 Å². The molecule has 0 heterocycles. The molecule has 4 heteroatoms. The van der Waals surface area contributed by atoms with Gasteiger partial charge in [0.2, 0.25) is 0 Å². The molecule has 0 saturated heterocycles. The van der Waals surface area contributed by atoms with Crippen molar-refractivity contribution in [2.45, 2.75) is 26.7 Å². The fourth-order valence-electron chi connectivity index (χ4n) is 2.00. The highest BCUT2D eigenvalue weighted by Crippen LogP contribution is 2.28. The third-order valence-electron chi connectivity index (χ3n) is 3.06. The monoisotopic (exact) mass is 261 g/mol. The van der Waals surface area contributed by atoms with Crippen LogP contribution in [0.1, 0.15) is 24.0 Å². The van der Waals surface area contributed by atoms with Crippen molar-refractivity contribution in [2.24, 2.45) is 16.6 Å². The minimum atomic E-state index is 0.444. The normalized spacial score (nSPS) is 15.6. The van der Waals surface area contributed by atoms with Crippen LogP contribution in [0.15, 0.2) is 23.2 Å². The topological polar surface area (TPSA) is 59.6 Å². The molecule has 3 N–H and O–H groups in total. The molecule has 2 rings (SSSR count). The summed E-state index contributed by atoms with van der Waals surface area (Å²) in [6.07, 6.45) is 2.64. The first-order valence-electron chi connectivity index (χ1n) is 6.86. The molecule has 1 fully saturated rings. The lowest BCUT2D eigenvalue weighted by molar-refractivity contribution is 0.132. The minimum absolute atomic E-state index is 0.444. The molecule has 0 bridgehead atoms. The van der Waals surface area contributed by atoms with E-state index in [2.05, 4.69) is 42.4 Å². The smallest absolute Gasteiger partial charge is 0.193 e. The molecule has 0 atom stereocenters. The lowest BCUT2D eigenvalue weighted by Crippen LogP contribution is -2.23. The minimum Gasteiger partial charge on any atom is -0.379 e. The lowest BCUT2D eigenvalue weighted by Gasteiger charge is -2.08. The summed E-state index contributed by atoms with van der Waals surface area (Å²) >= 11 is 0. The van der Waals surface area contributed by atoms with Crippen molar-refractivity contribution in [1.29, 1.82) is 0 Å². The van der Waals surface area contributed by atoms with Crippen molar-refractivity contribution >= 4 is 11.6 Å². The second-order valence-corrected chi connectivity index (χ2v) is 5.29. The molecular formula is C15H23N3O. The number of guanidine groups is 1. The van der Waals surface area contributed by atoms with E-state index in [0.29, 0.717) is 19.1 Å². The zero-order chi connectivity index (χ0) is 13.7. The van der Waals surface area contributed by atoms with Crippen LogP contribution in [0.4, 0.5) is 5.69 Å². The number of benzene rings is 1. The molecule has 19 heavy (non-hydrogen) atoms. The molecule has 1 aliphatic rings. The number of anilines is 1. The second kappa shape index (κ2) is 6.57. The predicted molar refractivity (Wildman–Crippen MR) is 79.6 cm³/mol. The summed E-state index contributed by atoms with van der Waals surface area (Å²) in [5, 5.41) is 3.11. The number of hydrogen-bond acceptors (Lipinski definition) is 2. The molecule has 0 aliphatic heterocycles. The standard InChI is InChI=1S/C15H23N3O/c1-11-7-12(2)9-14(8-11)18-15(16)17-5-6-19-10-13-3-4-13/h7-9,13H,3-6,10H2,1-2H3,(H3,16,17,18). The van der Waals surface area contributed by atoms with Gasteiger partial charge in [-0.1, -0.05) is 6.07 Å². The van der Waals surface area contributed by atoms with Gasteiger partial charge in [-0.3, -0.25) is 4.99 Å². The van der Waals surface area contributed by atoms with Gasteiger partial charge >= 0.3 is 0 Å². The first kappa shape index (κ1) is 13.9. The maximum atomic E-state index is 5.84. The van der Waals surface area contributed by atoms with E-state index >= 15 is 0 Å². The zero-order valence-corrected chi connectivity index (χ0v) is 11.8. The maximum Gasteiger partial charge on any atom is 0.193 e. The quantitative estimate of drug-likeness (QED) is 0.470. The van der Waals surface area contributed by atoms with Crippen LogP contribution >= 0.6 is 0 Å². The Hall–Kier alpha value is -1.55. The van der Waals surface area contributed by atoms with Crippen molar-refractivity contribution in [3.8, 4) is 0 Å². The number of ether oxygens (including phenoxy) is 1. The highest BCUT2D eigenvalue weighted by molar-refractivity contribution is 5.92. The molecule has 1 saturated carbocycles. The number of rotatable bonds is 6. The number of aryl methyl sites for hydroxylation is 2. The van der Waals surface area contributed by atoms with Crippen molar-refractivity contribution in [3.63, 3.8) is 0 Å². The average Bonchev–Trinajstić information content (AvgIpc) is 3.11. The first-order chi connectivity index (χ1) is 9.13. The van der Waals surface area contributed by atoms with Crippen LogP contribution < -0.4 is 11.1 Å². The van der Waals surface area contributed by atoms with Gasteiger partial charge in [-0.15, -0.1) is 0 Å². The summed E-state index contributed by atoms with van der Waals surface area (Å²) in [4.78, 5) is 4.25. The molecule has 4 nitrogen and oxygen atoms in total. The van der Waals surface area contributed by atoms with E-state index in [4.69, 9.17) is 10.5 Å². The molecule has 0 unspecified atom stereocenters. The summed E-state index contributed by atoms with van der Waals surface area (Å²) in [6, 6.07) is 6.24. The van der Waals surface area contributed by atoms with Crippen LogP contribution in [0.5, 0.6) is 0 Å². The Bertz CT molecular complexity index is 432. The number of nitrogens with zero attached hydrogens (tertiary/aromatic N) is 1. The zero-order valence-electron chi connectivity index (χ0n) is 11.8. The molecule has 0 aromatic heterocycles. The van der Waals surface area contributed by atoms with Gasteiger partial charge in [-0.2, -0.15) is 0 Å². The van der Waals surface area contributed by atoms with Gasteiger partial charge in [0.1, 0.15) is 0 Å². The Labute approximate surface area is 115 Å². The largest absolute Gasteiger partial charge is 0.379 e. The molecule has 1 aromatic carbocycles. The molecule has 0 radical (unpaired) electrons. The Morgan fingerprint density at radius 1 is 1.32 bits per heavy atom. The first-order valence-corrected chi connectivity index (χ1v) is 6.86. The maximum absolute atomic E-state index is 5.84. The van der Waals surface area contributed by atoms with E-state index in [-0.39, 0.29) is 0 Å². The van der Waals surface area contributed by atoms with Crippen LogP contribution in [-0.4, -0.2) is 25.7 Å². The molecule has 1 aromatic rings. The highest BCUT2D eigenvalue weighted by atomic mass is 16.5. The van der Waals surface area contributed by atoms with Gasteiger partial charge in [0.05, 0.1) is 13.2 Å². The van der Waals surface area contributed by atoms with Gasteiger partial charge in [0.15, 0.2) is 5.96 Å². The van der Waals surface area contributed by atoms with Crippen LogP contribution in [0, 0.1) is 19.8 Å². The SMILES string of the molecule is Cc1cc(C)cc(NC(N)=NCCOCC2CC2)c1. The number of hydrogen-bond donors (Lipinski definition) is 2. The van der Waals surface area contributed by atoms with E-state index in [9.17, 15) is 0 Å². The number of aliphatic imine (C=N–C) groups is 1. The fourth-order valence-corrected chi connectivity index (χ4v) is 2.00. The molecule has 104 valence electrons. The molecule has 0 spiro atoms. The third kappa shape index (κ3) is 5.30. The van der Waals surface area contributed by atoms with Gasteiger partial charge in [-0.05, 0) is 55.9 Å². The van der Waals surface area contributed by atoms with E-state index in [1.54, 1.807) is 0 Å². The van der Waals surface area contributed by atoms with Crippen molar-refractivity contribution in [2.75, 3.05) is 25.1 Å². The van der Waals surface area contributed by atoms with Gasteiger partial charge in [0.25, 0.3) is 0 Å². The van der Waals surface area contributed by atoms with E-state index in [1.807, 2.05) is 0 Å². The van der Waals surface area contributed by atoms with Gasteiger partial charge in [0, 0.05) is 12.3 Å². The van der Waals surface area contributed by atoms with Crippen molar-refractivity contribution < 1.29 is 4.74 Å². The average molecular weight is 261 g/mol. The Morgan fingerprint density at radius 3 is 2.63 bits per heavy atom. The fraction of sp³-hybridized carbons (Fsp3) is 0.533. The molecule has 1 aliphatic carbocycles. The van der Waals surface area contributed by atoms with Crippen LogP contribution in [0.3, 0.4) is 0 Å². The second-order valence-electron chi connectivity index (χ2n) is 5.29. The lowest BCUT2D eigenvalue weighted by atomic mass is 10.1. The number of nitrogens with two attached hydrogens (primary N) is 1. The predicted octanol–water partition coefficient (Wildman–Crippen LogP) is 2.46. The molecular weight excluding hydrogens is 238 g/mol. The van der Waals surface area contributed by atoms with Crippen LogP contribution in [0.2, 0.25) is 0 Å². The van der Waals surface area contributed by atoms with Crippen LogP contribution in [0.25, 0.3) is 0 Å². The third-order valence-corrected chi connectivity index (χ3v) is 3.06. The van der Waals surface area contributed by atoms with E-state index in [1.165, 1.54) is 24.0 Å². The summed E-state index contributed by atoms with van der Waals surface area (Å²) in [7, 11) is 0. The summed E-state index contributed by atoms with van der Waals surface area (Å²) in [5.74, 6) is 1.25. The van der Waals surface area contributed by atoms with Crippen molar-refractivity contribution in [1.82, 2.24) is 0 Å². The highest BCUT2D eigenvalue weighted by Gasteiger charge is 2.20. The van der Waals surface area contributed by atoms with Gasteiger partial charge in [-0.25, -0.2) is 0 Å². The summed E-state index contributed by atoms with van der Waals surface area (Å²) < 4.78 is 5.51. The van der Waals surface area contributed by atoms with Gasteiger partial charge < -0.3 is 15.8 Å². The number of nitrogens with one attached hydrogen (secondary N) is 1. The Kier molecular flexibility index (Phi) is 4.80. The molecule has 0 amide bonds.